The van der Waals surface area contributed by atoms with Crippen LogP contribution in [0, 0.1) is 3.57 Å². The van der Waals surface area contributed by atoms with Gasteiger partial charge in [0.15, 0.2) is 11.5 Å². The van der Waals surface area contributed by atoms with E-state index in [4.69, 9.17) is 15.2 Å². The van der Waals surface area contributed by atoms with E-state index in [1.807, 2.05) is 6.07 Å². The molecule has 76 valence electrons. The lowest BCUT2D eigenvalue weighted by Gasteiger charge is -2.24. The first kappa shape index (κ1) is 10.0. The van der Waals surface area contributed by atoms with Crippen LogP contribution < -0.4 is 15.2 Å². The fourth-order valence-electron chi connectivity index (χ4n) is 1.61. The van der Waals surface area contributed by atoms with Crippen molar-refractivity contribution < 1.29 is 9.47 Å². The molecule has 1 aliphatic heterocycles. The molecule has 0 radical (unpaired) electrons. The summed E-state index contributed by atoms with van der Waals surface area (Å²) < 4.78 is 11.9. The molecule has 14 heavy (non-hydrogen) atoms. The van der Waals surface area contributed by atoms with Gasteiger partial charge in [-0.05, 0) is 34.7 Å². The minimum absolute atomic E-state index is 0.0716. The van der Waals surface area contributed by atoms with Crippen LogP contribution in [0.2, 0.25) is 0 Å². The maximum atomic E-state index is 6.00. The third kappa shape index (κ3) is 1.68. The molecule has 0 aromatic heterocycles. The molecule has 1 heterocycles. The molecule has 2 N–H and O–H groups in total. The van der Waals surface area contributed by atoms with E-state index in [0.717, 1.165) is 27.1 Å². The van der Waals surface area contributed by atoms with Gasteiger partial charge in [-0.15, -0.1) is 0 Å². The standard InChI is InChI=1S/C10H12INO2/c1-13-9-5-6(11)4-7-8(12)2-3-14-10(7)9/h4-5,8H,2-3,12H2,1H3/t8-/m0/s1. The highest BCUT2D eigenvalue weighted by molar-refractivity contribution is 14.1. The number of benzene rings is 1. The Labute approximate surface area is 96.7 Å². The van der Waals surface area contributed by atoms with Crippen LogP contribution in [-0.2, 0) is 0 Å². The van der Waals surface area contributed by atoms with Crippen molar-refractivity contribution in [1.29, 1.82) is 0 Å². The van der Waals surface area contributed by atoms with Gasteiger partial charge in [0.1, 0.15) is 0 Å². The zero-order valence-corrected chi connectivity index (χ0v) is 10.1. The molecule has 0 amide bonds. The van der Waals surface area contributed by atoms with Crippen molar-refractivity contribution in [3.05, 3.63) is 21.3 Å². The predicted molar refractivity (Wildman–Crippen MR) is 62.8 cm³/mol. The van der Waals surface area contributed by atoms with Gasteiger partial charge in [0.2, 0.25) is 0 Å². The summed E-state index contributed by atoms with van der Waals surface area (Å²) in [6, 6.07) is 4.09. The van der Waals surface area contributed by atoms with Crippen molar-refractivity contribution in [3.63, 3.8) is 0 Å². The zero-order chi connectivity index (χ0) is 10.1. The molecule has 0 aliphatic carbocycles. The highest BCUT2D eigenvalue weighted by Crippen LogP contribution is 2.39. The van der Waals surface area contributed by atoms with E-state index in [1.54, 1.807) is 7.11 Å². The second-order valence-electron chi connectivity index (χ2n) is 3.27. The van der Waals surface area contributed by atoms with Crippen LogP contribution in [-0.4, -0.2) is 13.7 Å². The van der Waals surface area contributed by atoms with Crippen LogP contribution in [0.3, 0.4) is 0 Å². The van der Waals surface area contributed by atoms with E-state index in [1.165, 1.54) is 0 Å². The van der Waals surface area contributed by atoms with E-state index >= 15 is 0 Å². The van der Waals surface area contributed by atoms with Gasteiger partial charge < -0.3 is 15.2 Å². The first-order valence-electron chi connectivity index (χ1n) is 4.48. The van der Waals surface area contributed by atoms with Crippen molar-refractivity contribution >= 4 is 22.6 Å². The average molecular weight is 305 g/mol. The molecule has 1 aliphatic rings. The highest BCUT2D eigenvalue weighted by Gasteiger charge is 2.22. The van der Waals surface area contributed by atoms with Crippen LogP contribution in [0.5, 0.6) is 11.5 Å². The average Bonchev–Trinajstić information content (AvgIpc) is 2.18. The molecular formula is C10H12INO2. The molecule has 0 saturated heterocycles. The Morgan fingerprint density at radius 3 is 3.07 bits per heavy atom. The molecule has 0 saturated carbocycles. The number of ether oxygens (including phenoxy) is 2. The Balaban J connectivity index is 2.54. The highest BCUT2D eigenvalue weighted by atomic mass is 127. The largest absolute Gasteiger partial charge is 0.493 e. The zero-order valence-electron chi connectivity index (χ0n) is 7.92. The van der Waals surface area contributed by atoms with Crippen LogP contribution >= 0.6 is 22.6 Å². The first-order chi connectivity index (χ1) is 6.72. The fraction of sp³-hybridized carbons (Fsp3) is 0.400. The lowest BCUT2D eigenvalue weighted by molar-refractivity contribution is 0.252. The second kappa shape index (κ2) is 3.94. The summed E-state index contributed by atoms with van der Waals surface area (Å²) in [4.78, 5) is 0. The molecule has 4 heteroatoms. The van der Waals surface area contributed by atoms with E-state index in [2.05, 4.69) is 28.7 Å². The van der Waals surface area contributed by atoms with Crippen molar-refractivity contribution in [2.45, 2.75) is 12.5 Å². The van der Waals surface area contributed by atoms with Gasteiger partial charge in [-0.25, -0.2) is 0 Å². The summed E-state index contributed by atoms with van der Waals surface area (Å²) in [6.45, 7) is 0.672. The third-order valence-corrected chi connectivity index (χ3v) is 2.97. The Kier molecular flexibility index (Phi) is 2.83. The third-order valence-electron chi connectivity index (χ3n) is 2.34. The summed E-state index contributed by atoms with van der Waals surface area (Å²) in [7, 11) is 1.65. The fourth-order valence-corrected chi connectivity index (χ4v) is 2.23. The first-order valence-corrected chi connectivity index (χ1v) is 5.56. The predicted octanol–water partition coefficient (Wildman–Crippen LogP) is 2.08. The number of nitrogens with two attached hydrogens (primary N) is 1. The molecule has 1 aromatic carbocycles. The van der Waals surface area contributed by atoms with Gasteiger partial charge in [0.25, 0.3) is 0 Å². The Hall–Kier alpha value is -0.490. The summed E-state index contributed by atoms with van der Waals surface area (Å²) in [5, 5.41) is 0. The molecule has 1 aromatic rings. The maximum absolute atomic E-state index is 6.00. The number of halogens is 1. The van der Waals surface area contributed by atoms with E-state index in [9.17, 15) is 0 Å². The smallest absolute Gasteiger partial charge is 0.165 e. The van der Waals surface area contributed by atoms with Crippen molar-refractivity contribution in [2.24, 2.45) is 5.73 Å². The lowest BCUT2D eigenvalue weighted by Crippen LogP contribution is -2.21. The molecule has 0 fully saturated rings. The number of fused-ring (bicyclic) bond motifs is 1. The molecule has 0 unspecified atom stereocenters. The van der Waals surface area contributed by atoms with Crippen LogP contribution in [0.4, 0.5) is 0 Å². The lowest BCUT2D eigenvalue weighted by atomic mass is 10.0. The molecule has 2 rings (SSSR count). The van der Waals surface area contributed by atoms with Gasteiger partial charge in [-0.1, -0.05) is 0 Å². The number of hydrogen-bond donors (Lipinski definition) is 1. The molecule has 1 atom stereocenters. The minimum atomic E-state index is 0.0716. The normalized spacial score (nSPS) is 19.8. The van der Waals surface area contributed by atoms with E-state index < -0.39 is 0 Å². The van der Waals surface area contributed by atoms with Gasteiger partial charge in [-0.3, -0.25) is 0 Å². The SMILES string of the molecule is COc1cc(I)cc2c1OCC[C@@H]2N. The van der Waals surface area contributed by atoms with Gasteiger partial charge in [0, 0.05) is 21.6 Å². The Morgan fingerprint density at radius 2 is 2.36 bits per heavy atom. The molecular weight excluding hydrogens is 293 g/mol. The molecule has 0 bridgehead atoms. The number of hydrogen-bond acceptors (Lipinski definition) is 3. The van der Waals surface area contributed by atoms with Crippen molar-refractivity contribution in [2.75, 3.05) is 13.7 Å². The number of rotatable bonds is 1. The van der Waals surface area contributed by atoms with E-state index in [0.29, 0.717) is 6.61 Å². The van der Waals surface area contributed by atoms with Crippen LogP contribution in [0.1, 0.15) is 18.0 Å². The van der Waals surface area contributed by atoms with E-state index in [-0.39, 0.29) is 6.04 Å². The molecule has 3 nitrogen and oxygen atoms in total. The summed E-state index contributed by atoms with van der Waals surface area (Å²) in [5.41, 5.74) is 7.06. The number of methoxy groups -OCH3 is 1. The summed E-state index contributed by atoms with van der Waals surface area (Å²) >= 11 is 2.25. The molecule has 0 spiro atoms. The summed E-state index contributed by atoms with van der Waals surface area (Å²) in [5.74, 6) is 1.59. The second-order valence-corrected chi connectivity index (χ2v) is 4.52. The quantitative estimate of drug-likeness (QED) is 0.808. The van der Waals surface area contributed by atoms with Crippen LogP contribution in [0.15, 0.2) is 12.1 Å². The monoisotopic (exact) mass is 305 g/mol. The maximum Gasteiger partial charge on any atom is 0.165 e. The topological polar surface area (TPSA) is 44.5 Å². The van der Waals surface area contributed by atoms with Crippen molar-refractivity contribution in [3.8, 4) is 11.5 Å². The Bertz CT molecular complexity index is 354. The van der Waals surface area contributed by atoms with Crippen molar-refractivity contribution in [1.82, 2.24) is 0 Å². The Morgan fingerprint density at radius 1 is 1.57 bits per heavy atom. The van der Waals surface area contributed by atoms with Gasteiger partial charge in [-0.2, -0.15) is 0 Å². The van der Waals surface area contributed by atoms with Crippen LogP contribution in [0.25, 0.3) is 0 Å². The summed E-state index contributed by atoms with van der Waals surface area (Å²) in [6.07, 6.45) is 0.871. The van der Waals surface area contributed by atoms with Gasteiger partial charge >= 0.3 is 0 Å². The minimum Gasteiger partial charge on any atom is -0.493 e. The van der Waals surface area contributed by atoms with Gasteiger partial charge in [0.05, 0.1) is 13.7 Å².